The van der Waals surface area contributed by atoms with Gasteiger partial charge in [0, 0.05) is 47.5 Å². The van der Waals surface area contributed by atoms with Crippen LogP contribution in [0, 0.1) is 13.8 Å². The summed E-state index contributed by atoms with van der Waals surface area (Å²) >= 11 is 0. The summed E-state index contributed by atoms with van der Waals surface area (Å²) in [6, 6.07) is 11.2. The van der Waals surface area contributed by atoms with Crippen molar-refractivity contribution in [3.8, 4) is 11.3 Å². The number of aromatic amines is 1. The molecule has 0 radical (unpaired) electrons. The average molecular weight is 491 g/mol. The lowest BCUT2D eigenvalue weighted by atomic mass is 9.87. The fraction of sp³-hybridized carbons (Fsp3) is 0.533. The number of H-pyrrole nitrogens is 1. The molecular weight excluding hydrogens is 448 g/mol. The molecule has 6 nitrogen and oxygen atoms in total. The molecule has 2 aromatic heterocycles. The molecule has 0 atom stereocenters. The van der Waals surface area contributed by atoms with Gasteiger partial charge in [0.1, 0.15) is 0 Å². The third kappa shape index (κ3) is 5.81. The Morgan fingerprint density at radius 3 is 2.44 bits per heavy atom. The van der Waals surface area contributed by atoms with Crippen LogP contribution in [0.25, 0.3) is 22.2 Å². The van der Waals surface area contributed by atoms with Crippen molar-refractivity contribution in [3.63, 3.8) is 0 Å². The number of aliphatic hydroxyl groups excluding tert-OH is 1. The van der Waals surface area contributed by atoms with Gasteiger partial charge in [0.05, 0.1) is 18.8 Å². The largest absolute Gasteiger partial charge is 0.395 e. The second kappa shape index (κ2) is 11.6. The fourth-order valence-electron chi connectivity index (χ4n) is 5.77. The van der Waals surface area contributed by atoms with Crippen molar-refractivity contribution in [2.45, 2.75) is 65.7 Å². The van der Waals surface area contributed by atoms with E-state index in [1.807, 2.05) is 4.90 Å². The second-order valence-electron chi connectivity index (χ2n) is 10.7. The van der Waals surface area contributed by atoms with Crippen molar-refractivity contribution in [1.82, 2.24) is 19.8 Å². The second-order valence-corrected chi connectivity index (χ2v) is 10.7. The van der Waals surface area contributed by atoms with Gasteiger partial charge in [-0.2, -0.15) is 0 Å². The number of carbonyl (C=O) groups excluding carboxylic acids is 1. The van der Waals surface area contributed by atoms with Gasteiger partial charge in [0.15, 0.2) is 0 Å². The van der Waals surface area contributed by atoms with E-state index in [0.29, 0.717) is 24.9 Å². The summed E-state index contributed by atoms with van der Waals surface area (Å²) in [5.74, 6) is 1.04. The van der Waals surface area contributed by atoms with Crippen molar-refractivity contribution in [3.05, 3.63) is 52.8 Å². The number of likely N-dealkylation sites (tertiary alicyclic amines) is 1. The molecule has 3 heterocycles. The van der Waals surface area contributed by atoms with Gasteiger partial charge in [-0.3, -0.25) is 14.7 Å². The summed E-state index contributed by atoms with van der Waals surface area (Å²) in [5, 5.41) is 10.6. The van der Waals surface area contributed by atoms with Gasteiger partial charge in [0.25, 0.3) is 0 Å². The highest BCUT2D eigenvalue weighted by Crippen LogP contribution is 2.38. The first-order valence-electron chi connectivity index (χ1n) is 13.5. The monoisotopic (exact) mass is 490 g/mol. The zero-order chi connectivity index (χ0) is 25.8. The van der Waals surface area contributed by atoms with Crippen LogP contribution in [-0.4, -0.2) is 70.1 Å². The Bertz CT molecular complexity index is 1160. The molecule has 6 heteroatoms. The number of hydrogen-bond acceptors (Lipinski definition) is 4. The van der Waals surface area contributed by atoms with Gasteiger partial charge >= 0.3 is 0 Å². The summed E-state index contributed by atoms with van der Waals surface area (Å²) in [6.45, 7) is 14.2. The Balaban J connectivity index is 1.52. The van der Waals surface area contributed by atoms with Crippen LogP contribution in [0.2, 0.25) is 0 Å². The first kappa shape index (κ1) is 26.4. The Morgan fingerprint density at radius 1 is 1.14 bits per heavy atom. The highest BCUT2D eigenvalue weighted by atomic mass is 16.3. The normalized spacial score (nSPS) is 14.9. The molecule has 1 amide bonds. The molecule has 4 rings (SSSR count). The van der Waals surface area contributed by atoms with Crippen molar-refractivity contribution >= 4 is 16.8 Å². The maximum Gasteiger partial charge on any atom is 0.236 e. The van der Waals surface area contributed by atoms with Gasteiger partial charge in [0.2, 0.25) is 5.91 Å². The summed E-state index contributed by atoms with van der Waals surface area (Å²) in [7, 11) is 0. The van der Waals surface area contributed by atoms with Crippen LogP contribution >= 0.6 is 0 Å². The fourth-order valence-corrected chi connectivity index (χ4v) is 5.77. The predicted molar refractivity (Wildman–Crippen MR) is 147 cm³/mol. The molecular formula is C30H42N4O2. The molecule has 1 aliphatic heterocycles. The molecule has 0 aliphatic carbocycles. The van der Waals surface area contributed by atoms with Crippen LogP contribution in [0.15, 0.2) is 30.3 Å². The van der Waals surface area contributed by atoms with E-state index in [-0.39, 0.29) is 12.5 Å². The summed E-state index contributed by atoms with van der Waals surface area (Å²) < 4.78 is 0. The molecule has 1 aromatic carbocycles. The van der Waals surface area contributed by atoms with E-state index < -0.39 is 0 Å². The molecule has 0 saturated carbocycles. The van der Waals surface area contributed by atoms with Crippen LogP contribution in [-0.2, 0) is 4.79 Å². The van der Waals surface area contributed by atoms with Crippen LogP contribution < -0.4 is 0 Å². The van der Waals surface area contributed by atoms with Crippen molar-refractivity contribution in [2.75, 3.05) is 39.3 Å². The zero-order valence-electron chi connectivity index (χ0n) is 22.6. The number of aryl methyl sites for hydroxylation is 2. The summed E-state index contributed by atoms with van der Waals surface area (Å²) in [4.78, 5) is 25.2. The summed E-state index contributed by atoms with van der Waals surface area (Å²) in [6.07, 6.45) is 2.96. The van der Waals surface area contributed by atoms with E-state index in [2.05, 4.69) is 79.8 Å². The van der Waals surface area contributed by atoms with Crippen molar-refractivity contribution < 1.29 is 9.90 Å². The minimum atomic E-state index is 0.0947. The number of pyridine rings is 1. The number of piperidine rings is 1. The van der Waals surface area contributed by atoms with Crippen LogP contribution in [0.5, 0.6) is 0 Å². The Labute approximate surface area is 215 Å². The van der Waals surface area contributed by atoms with Gasteiger partial charge in [-0.15, -0.1) is 0 Å². The van der Waals surface area contributed by atoms with Crippen molar-refractivity contribution in [2.24, 2.45) is 0 Å². The maximum atomic E-state index is 12.9. The number of hydrogen-bond donors (Lipinski definition) is 2. The number of amides is 1. The smallest absolute Gasteiger partial charge is 0.236 e. The van der Waals surface area contributed by atoms with E-state index in [0.717, 1.165) is 50.3 Å². The standard InChI is InChI=1S/C30H42N4O2/c1-6-11-33(14-15-35)19-28(36)34-12-9-23(10-13-34)24-7-8-27-26(18-24)29(20(2)3)30(32-27)25-16-21(4)31-22(5)17-25/h7-8,16-18,20,23,32,35H,6,9-15,19H2,1-5H3. The molecule has 1 aliphatic rings. The van der Waals surface area contributed by atoms with Crippen molar-refractivity contribution in [1.29, 1.82) is 0 Å². The van der Waals surface area contributed by atoms with E-state index in [1.54, 1.807) is 0 Å². The van der Waals surface area contributed by atoms with E-state index in [4.69, 9.17) is 0 Å². The number of rotatable bonds is 9. The van der Waals surface area contributed by atoms with Crippen LogP contribution in [0.1, 0.15) is 74.4 Å². The molecule has 2 N–H and O–H groups in total. The number of nitrogens with zero attached hydrogens (tertiary/aromatic N) is 3. The minimum Gasteiger partial charge on any atom is -0.395 e. The third-order valence-electron chi connectivity index (χ3n) is 7.44. The number of nitrogens with one attached hydrogen (secondary N) is 1. The lowest BCUT2D eigenvalue weighted by Crippen LogP contribution is -2.44. The quantitative estimate of drug-likeness (QED) is 0.422. The molecule has 0 spiro atoms. The number of aliphatic hydroxyl groups is 1. The molecule has 194 valence electrons. The molecule has 0 bridgehead atoms. The van der Waals surface area contributed by atoms with E-state index in [9.17, 15) is 9.90 Å². The lowest BCUT2D eigenvalue weighted by molar-refractivity contribution is -0.133. The molecule has 36 heavy (non-hydrogen) atoms. The van der Waals surface area contributed by atoms with Gasteiger partial charge in [-0.1, -0.05) is 26.8 Å². The highest BCUT2D eigenvalue weighted by Gasteiger charge is 2.26. The van der Waals surface area contributed by atoms with Gasteiger partial charge < -0.3 is 15.0 Å². The number of carbonyl (C=O) groups is 1. The Kier molecular flexibility index (Phi) is 8.47. The SMILES string of the molecule is CCCN(CCO)CC(=O)N1CCC(c2ccc3[nH]c(-c4cc(C)nc(C)c4)c(C(C)C)c3c2)CC1. The average Bonchev–Trinajstić information content (AvgIpc) is 3.23. The number of benzene rings is 1. The van der Waals surface area contributed by atoms with Gasteiger partial charge in [-0.25, -0.2) is 0 Å². The minimum absolute atomic E-state index is 0.0947. The lowest BCUT2D eigenvalue weighted by Gasteiger charge is -2.34. The molecule has 1 fully saturated rings. The molecule has 1 saturated heterocycles. The number of fused-ring (bicyclic) bond motifs is 1. The van der Waals surface area contributed by atoms with E-state index in [1.165, 1.54) is 33.3 Å². The van der Waals surface area contributed by atoms with Gasteiger partial charge in [-0.05, 0) is 86.9 Å². The van der Waals surface area contributed by atoms with Crippen LogP contribution in [0.3, 0.4) is 0 Å². The Morgan fingerprint density at radius 2 is 1.83 bits per heavy atom. The summed E-state index contributed by atoms with van der Waals surface area (Å²) in [5.41, 5.74) is 8.39. The first-order chi connectivity index (χ1) is 17.3. The predicted octanol–water partition coefficient (Wildman–Crippen LogP) is 5.38. The maximum absolute atomic E-state index is 12.9. The zero-order valence-corrected chi connectivity index (χ0v) is 22.6. The Hall–Kier alpha value is -2.70. The topological polar surface area (TPSA) is 72.5 Å². The first-order valence-corrected chi connectivity index (χ1v) is 13.5. The van der Waals surface area contributed by atoms with E-state index >= 15 is 0 Å². The third-order valence-corrected chi connectivity index (χ3v) is 7.44. The number of aromatic nitrogens is 2. The van der Waals surface area contributed by atoms with Crippen LogP contribution in [0.4, 0.5) is 0 Å². The highest BCUT2D eigenvalue weighted by molar-refractivity contribution is 5.92. The molecule has 0 unspecified atom stereocenters. The molecule has 3 aromatic rings.